The van der Waals surface area contributed by atoms with Gasteiger partial charge in [-0.05, 0) is 24.6 Å². The maximum atomic E-state index is 13.2. The number of amides is 2. The van der Waals surface area contributed by atoms with Crippen molar-refractivity contribution in [1.29, 1.82) is 0 Å². The van der Waals surface area contributed by atoms with E-state index in [0.29, 0.717) is 36.8 Å². The topological polar surface area (TPSA) is 62.7 Å². The Labute approximate surface area is 196 Å². The number of rotatable bonds is 5. The third kappa shape index (κ3) is 5.11. The second kappa shape index (κ2) is 10.1. The molecule has 6 nitrogen and oxygen atoms in total. The van der Waals surface area contributed by atoms with Gasteiger partial charge in [-0.15, -0.1) is 11.3 Å². The number of aromatic nitrogens is 1. The molecular weight excluding hydrogens is 446 g/mol. The van der Waals surface area contributed by atoms with Crippen molar-refractivity contribution in [2.24, 2.45) is 0 Å². The summed E-state index contributed by atoms with van der Waals surface area (Å²) in [6.07, 6.45) is 0.617. The number of para-hydroxylation sites is 1. The fraction of sp³-hybridized carbons (Fsp3) is 0.292. The summed E-state index contributed by atoms with van der Waals surface area (Å²) in [5, 5.41) is 3.43. The molecule has 3 aromatic rings. The van der Waals surface area contributed by atoms with E-state index in [4.69, 9.17) is 21.3 Å². The average molecular weight is 470 g/mol. The van der Waals surface area contributed by atoms with Crippen LogP contribution < -0.4 is 4.74 Å². The zero-order valence-electron chi connectivity index (χ0n) is 17.7. The molecule has 4 rings (SSSR count). The largest absolute Gasteiger partial charge is 0.484 e. The fourth-order valence-corrected chi connectivity index (χ4v) is 4.98. The molecule has 32 heavy (non-hydrogen) atoms. The van der Waals surface area contributed by atoms with Crippen LogP contribution in [0.15, 0.2) is 60.0 Å². The van der Waals surface area contributed by atoms with E-state index in [9.17, 15) is 9.59 Å². The van der Waals surface area contributed by atoms with Crippen molar-refractivity contribution in [2.45, 2.75) is 19.4 Å². The Hall–Kier alpha value is -2.90. The summed E-state index contributed by atoms with van der Waals surface area (Å²) >= 11 is 7.86. The van der Waals surface area contributed by atoms with E-state index in [-0.39, 0.29) is 24.5 Å². The molecule has 2 aromatic carbocycles. The van der Waals surface area contributed by atoms with Gasteiger partial charge in [0, 0.05) is 42.5 Å². The summed E-state index contributed by atoms with van der Waals surface area (Å²) in [4.78, 5) is 33.5. The second-order valence-electron chi connectivity index (χ2n) is 7.55. The monoisotopic (exact) mass is 469 g/mol. The van der Waals surface area contributed by atoms with Crippen LogP contribution >= 0.6 is 22.9 Å². The number of carbonyl (C=O) groups is 2. The van der Waals surface area contributed by atoms with Gasteiger partial charge in [0.15, 0.2) is 6.61 Å². The highest BCUT2D eigenvalue weighted by atomic mass is 35.5. The van der Waals surface area contributed by atoms with Gasteiger partial charge in [-0.25, -0.2) is 4.98 Å². The highest BCUT2D eigenvalue weighted by Crippen LogP contribution is 2.34. The van der Waals surface area contributed by atoms with Gasteiger partial charge in [0.1, 0.15) is 10.8 Å². The molecule has 1 saturated heterocycles. The van der Waals surface area contributed by atoms with Crippen molar-refractivity contribution in [3.63, 3.8) is 0 Å². The Morgan fingerprint density at radius 1 is 1.09 bits per heavy atom. The molecule has 0 bridgehead atoms. The fourth-order valence-electron chi connectivity index (χ4n) is 3.78. The minimum Gasteiger partial charge on any atom is -0.484 e. The number of hydrogen-bond donors (Lipinski definition) is 0. The SMILES string of the molecule is CC(=O)N1CCC(c2nc(-c3ccccc3Cl)cs2)N(C(=O)COc2ccccc2)CC1. The van der Waals surface area contributed by atoms with Crippen LogP contribution in [0.5, 0.6) is 5.75 Å². The number of halogens is 1. The van der Waals surface area contributed by atoms with Gasteiger partial charge in [-0.2, -0.15) is 0 Å². The molecule has 166 valence electrons. The van der Waals surface area contributed by atoms with Crippen molar-refractivity contribution in [3.05, 3.63) is 70.0 Å². The Balaban J connectivity index is 1.57. The molecular formula is C24H24ClN3O3S. The second-order valence-corrected chi connectivity index (χ2v) is 8.85. The molecule has 0 aliphatic carbocycles. The number of nitrogens with zero attached hydrogens (tertiary/aromatic N) is 3. The zero-order chi connectivity index (χ0) is 22.5. The molecule has 1 atom stereocenters. The minimum atomic E-state index is -0.229. The van der Waals surface area contributed by atoms with Gasteiger partial charge >= 0.3 is 0 Å². The van der Waals surface area contributed by atoms with E-state index in [1.54, 1.807) is 16.7 Å². The Bertz CT molecular complexity index is 1090. The lowest BCUT2D eigenvalue weighted by molar-refractivity contribution is -0.136. The standard InChI is InChI=1S/C24H24ClN3O3S/c1-17(29)27-12-11-22(24-26-21(16-32-24)19-9-5-6-10-20(19)25)28(14-13-27)23(30)15-31-18-7-3-2-4-8-18/h2-10,16,22H,11-15H2,1H3. The van der Waals surface area contributed by atoms with Crippen molar-refractivity contribution in [1.82, 2.24) is 14.8 Å². The van der Waals surface area contributed by atoms with E-state index in [1.807, 2.05) is 60.0 Å². The molecule has 1 fully saturated rings. The van der Waals surface area contributed by atoms with Crippen LogP contribution in [0.4, 0.5) is 0 Å². The van der Waals surface area contributed by atoms with Gasteiger partial charge in [0.05, 0.1) is 11.7 Å². The van der Waals surface area contributed by atoms with E-state index < -0.39 is 0 Å². The molecule has 2 heterocycles. The van der Waals surface area contributed by atoms with E-state index in [2.05, 4.69) is 0 Å². The Morgan fingerprint density at radius 2 is 1.84 bits per heavy atom. The molecule has 0 saturated carbocycles. The van der Waals surface area contributed by atoms with Crippen LogP contribution in [0.2, 0.25) is 5.02 Å². The number of benzene rings is 2. The first-order chi connectivity index (χ1) is 15.5. The van der Waals surface area contributed by atoms with Crippen LogP contribution in [0, 0.1) is 0 Å². The van der Waals surface area contributed by atoms with Gasteiger partial charge in [-0.1, -0.05) is 48.0 Å². The van der Waals surface area contributed by atoms with Crippen LogP contribution in [0.3, 0.4) is 0 Å². The average Bonchev–Trinajstić information content (AvgIpc) is 3.17. The molecule has 0 radical (unpaired) electrons. The highest BCUT2D eigenvalue weighted by Gasteiger charge is 2.32. The van der Waals surface area contributed by atoms with Crippen LogP contribution in [-0.2, 0) is 9.59 Å². The van der Waals surface area contributed by atoms with Crippen molar-refractivity contribution in [3.8, 4) is 17.0 Å². The molecule has 2 amide bonds. The number of hydrogen-bond acceptors (Lipinski definition) is 5. The lowest BCUT2D eigenvalue weighted by Crippen LogP contribution is -2.40. The van der Waals surface area contributed by atoms with E-state index in [0.717, 1.165) is 16.3 Å². The van der Waals surface area contributed by atoms with Crippen molar-refractivity contribution in [2.75, 3.05) is 26.2 Å². The van der Waals surface area contributed by atoms with Gasteiger partial charge < -0.3 is 14.5 Å². The summed E-state index contributed by atoms with van der Waals surface area (Å²) in [6, 6.07) is 16.6. The van der Waals surface area contributed by atoms with Crippen LogP contribution in [0.1, 0.15) is 24.4 Å². The van der Waals surface area contributed by atoms with Crippen molar-refractivity contribution >= 4 is 34.8 Å². The van der Waals surface area contributed by atoms with E-state index >= 15 is 0 Å². The van der Waals surface area contributed by atoms with Gasteiger partial charge in [0.2, 0.25) is 5.91 Å². The summed E-state index contributed by atoms with van der Waals surface area (Å²) < 4.78 is 5.70. The maximum Gasteiger partial charge on any atom is 0.261 e. The van der Waals surface area contributed by atoms with Gasteiger partial charge in [0.25, 0.3) is 5.91 Å². The molecule has 1 aliphatic rings. The lowest BCUT2D eigenvalue weighted by Gasteiger charge is -2.28. The first-order valence-electron chi connectivity index (χ1n) is 10.5. The molecule has 1 aromatic heterocycles. The Kier molecular flexibility index (Phi) is 7.07. The molecule has 1 unspecified atom stereocenters. The zero-order valence-corrected chi connectivity index (χ0v) is 19.3. The summed E-state index contributed by atoms with van der Waals surface area (Å²) in [7, 11) is 0. The minimum absolute atomic E-state index is 0.00878. The third-order valence-electron chi connectivity index (χ3n) is 5.49. The molecule has 0 N–H and O–H groups in total. The summed E-state index contributed by atoms with van der Waals surface area (Å²) in [5.41, 5.74) is 1.65. The van der Waals surface area contributed by atoms with E-state index in [1.165, 1.54) is 11.3 Å². The number of carbonyl (C=O) groups excluding carboxylic acids is 2. The third-order valence-corrected chi connectivity index (χ3v) is 6.76. The first-order valence-corrected chi connectivity index (χ1v) is 11.7. The van der Waals surface area contributed by atoms with Crippen molar-refractivity contribution < 1.29 is 14.3 Å². The predicted molar refractivity (Wildman–Crippen MR) is 126 cm³/mol. The number of ether oxygens (including phenoxy) is 1. The van der Waals surface area contributed by atoms with Crippen LogP contribution in [0.25, 0.3) is 11.3 Å². The molecule has 8 heteroatoms. The number of thiazole rings is 1. The predicted octanol–water partition coefficient (Wildman–Crippen LogP) is 4.66. The quantitative estimate of drug-likeness (QED) is 0.545. The van der Waals surface area contributed by atoms with Gasteiger partial charge in [-0.3, -0.25) is 9.59 Å². The summed E-state index contributed by atoms with van der Waals surface area (Å²) in [6.45, 7) is 2.99. The Morgan fingerprint density at radius 3 is 2.59 bits per heavy atom. The summed E-state index contributed by atoms with van der Waals surface area (Å²) in [5.74, 6) is 0.529. The highest BCUT2D eigenvalue weighted by molar-refractivity contribution is 7.10. The lowest BCUT2D eigenvalue weighted by atomic mass is 10.1. The van der Waals surface area contributed by atoms with Crippen LogP contribution in [-0.4, -0.2) is 52.8 Å². The normalized spacial score (nSPS) is 16.5. The molecule has 0 spiro atoms. The molecule has 1 aliphatic heterocycles. The smallest absolute Gasteiger partial charge is 0.261 e. The first kappa shape index (κ1) is 22.3. The maximum absolute atomic E-state index is 13.2.